The standard InChI is InChI=1S/C4H9O2.3CH4.Y/c1-6-4-2-3-5;;;;/h2,5H,3-4H2,1H3;3*1H4;/q-1;;;;. The van der Waals surface area contributed by atoms with Crippen molar-refractivity contribution in [3.8, 4) is 0 Å². The van der Waals surface area contributed by atoms with E-state index in [1.165, 1.54) is 0 Å². The van der Waals surface area contributed by atoms with Crippen molar-refractivity contribution in [3.05, 3.63) is 6.42 Å². The molecule has 0 aromatic heterocycles. The van der Waals surface area contributed by atoms with Crippen LogP contribution in [0.3, 0.4) is 0 Å². The minimum atomic E-state index is 0. The van der Waals surface area contributed by atoms with Crippen LogP contribution >= 0.6 is 0 Å². The predicted octanol–water partition coefficient (Wildman–Crippen LogP) is 1.74. The van der Waals surface area contributed by atoms with E-state index in [0.717, 1.165) is 0 Å². The molecule has 0 fully saturated rings. The summed E-state index contributed by atoms with van der Waals surface area (Å²) >= 11 is 0. The van der Waals surface area contributed by atoms with Gasteiger partial charge in [-0.15, -0.1) is 0 Å². The third kappa shape index (κ3) is 35.9. The Hall–Kier alpha value is 1.02. The Balaban J connectivity index is -0.0000000208. The van der Waals surface area contributed by atoms with Crippen molar-refractivity contribution in [2.45, 2.75) is 22.3 Å². The SMILES string of the molecule is C.C.C.COC[CH-]CO.[Y]. The van der Waals surface area contributed by atoms with Gasteiger partial charge in [0.25, 0.3) is 0 Å². The van der Waals surface area contributed by atoms with Crippen LogP contribution in [0.5, 0.6) is 0 Å². The molecule has 0 aliphatic carbocycles. The molecule has 2 nitrogen and oxygen atoms in total. The number of ether oxygens (including phenoxy) is 1. The molecular formula is C7H21O2Y-. The molecule has 0 rings (SSSR count). The summed E-state index contributed by atoms with van der Waals surface area (Å²) in [4.78, 5) is 0. The molecule has 1 N–H and O–H groups in total. The van der Waals surface area contributed by atoms with Crippen LogP contribution in [-0.2, 0) is 37.4 Å². The molecule has 0 aliphatic heterocycles. The van der Waals surface area contributed by atoms with Gasteiger partial charge in [-0.25, -0.2) is 0 Å². The third-order valence-electron chi connectivity index (χ3n) is 0.414. The van der Waals surface area contributed by atoms with Crippen molar-refractivity contribution < 1.29 is 42.6 Å². The molecule has 0 spiro atoms. The van der Waals surface area contributed by atoms with Gasteiger partial charge in [-0.05, 0) is 0 Å². The Morgan fingerprint density at radius 2 is 1.70 bits per heavy atom. The molecule has 65 valence electrons. The Kier molecular flexibility index (Phi) is 98.7. The number of hydrogen-bond donors (Lipinski definition) is 1. The van der Waals surface area contributed by atoms with E-state index < -0.39 is 0 Å². The van der Waals surface area contributed by atoms with Crippen LogP contribution in [-0.4, -0.2) is 25.4 Å². The molecule has 0 amide bonds. The van der Waals surface area contributed by atoms with Gasteiger partial charge in [0, 0.05) is 39.8 Å². The van der Waals surface area contributed by atoms with Gasteiger partial charge in [-0.1, -0.05) is 35.5 Å². The minimum Gasteiger partial charge on any atom is -0.428 e. The summed E-state index contributed by atoms with van der Waals surface area (Å²) in [6, 6.07) is 0. The first-order chi connectivity index (χ1) is 2.91. The number of hydrogen-bond acceptors (Lipinski definition) is 2. The molecule has 0 unspecified atom stereocenters. The van der Waals surface area contributed by atoms with Crippen LogP contribution in [0.25, 0.3) is 0 Å². The van der Waals surface area contributed by atoms with Gasteiger partial charge >= 0.3 is 0 Å². The zero-order valence-electron chi connectivity index (χ0n) is 4.42. The van der Waals surface area contributed by atoms with Gasteiger partial charge in [-0.2, -0.15) is 0 Å². The number of aliphatic hydroxyl groups is 1. The molecule has 3 heteroatoms. The van der Waals surface area contributed by atoms with E-state index in [1.54, 1.807) is 13.5 Å². The third-order valence-corrected chi connectivity index (χ3v) is 0.414. The van der Waals surface area contributed by atoms with Crippen molar-refractivity contribution >= 4 is 0 Å². The number of methoxy groups -OCH3 is 1. The van der Waals surface area contributed by atoms with Crippen LogP contribution in [0.1, 0.15) is 22.3 Å². The maximum atomic E-state index is 8.06. The summed E-state index contributed by atoms with van der Waals surface area (Å²) in [5, 5.41) is 8.06. The van der Waals surface area contributed by atoms with Gasteiger partial charge in [-0.3, -0.25) is 6.42 Å². The Morgan fingerprint density at radius 3 is 1.80 bits per heavy atom. The molecule has 10 heavy (non-hydrogen) atoms. The normalized spacial score (nSPS) is 5.40. The summed E-state index contributed by atoms with van der Waals surface area (Å²) in [5.41, 5.74) is 0. The average molecular weight is 226 g/mol. The zero-order valence-corrected chi connectivity index (χ0v) is 7.26. The zero-order chi connectivity index (χ0) is 4.83. The largest absolute Gasteiger partial charge is 0.428 e. The Labute approximate surface area is 91.2 Å². The quantitative estimate of drug-likeness (QED) is 0.586. The first kappa shape index (κ1) is 30.5. The second kappa shape index (κ2) is 32.3. The predicted molar refractivity (Wildman–Crippen MR) is 43.5 cm³/mol. The molecule has 0 aliphatic rings. The summed E-state index contributed by atoms with van der Waals surface area (Å²) in [6.45, 7) is 0.643. The second-order valence-electron chi connectivity index (χ2n) is 0.927. The molecule has 0 bridgehead atoms. The van der Waals surface area contributed by atoms with Gasteiger partial charge < -0.3 is 9.84 Å². The van der Waals surface area contributed by atoms with E-state index >= 15 is 0 Å². The second-order valence-corrected chi connectivity index (χ2v) is 0.927. The molecule has 0 aromatic carbocycles. The molecule has 0 aromatic rings. The molecule has 0 heterocycles. The summed E-state index contributed by atoms with van der Waals surface area (Å²) in [5.74, 6) is 0. The summed E-state index contributed by atoms with van der Waals surface area (Å²) in [6.07, 6.45) is 1.64. The summed E-state index contributed by atoms with van der Waals surface area (Å²) < 4.78 is 4.57. The molecule has 0 atom stereocenters. The van der Waals surface area contributed by atoms with Crippen LogP contribution < -0.4 is 0 Å². The van der Waals surface area contributed by atoms with Crippen molar-refractivity contribution in [1.82, 2.24) is 0 Å². The van der Waals surface area contributed by atoms with E-state index in [2.05, 4.69) is 4.74 Å². The number of aliphatic hydroxyl groups excluding tert-OH is 1. The number of rotatable bonds is 3. The van der Waals surface area contributed by atoms with E-state index in [9.17, 15) is 0 Å². The maximum Gasteiger partial charge on any atom is 0.0319 e. The smallest absolute Gasteiger partial charge is 0.0319 e. The van der Waals surface area contributed by atoms with E-state index in [0.29, 0.717) is 6.61 Å². The van der Waals surface area contributed by atoms with Gasteiger partial charge in [0.15, 0.2) is 0 Å². The monoisotopic (exact) mass is 226 g/mol. The fourth-order valence-electron chi connectivity index (χ4n) is 0.171. The molecule has 0 saturated heterocycles. The fraction of sp³-hybridized carbons (Fsp3) is 0.857. The Morgan fingerprint density at radius 1 is 1.30 bits per heavy atom. The van der Waals surface area contributed by atoms with E-state index in [1.807, 2.05) is 0 Å². The Bertz CT molecular complexity index is 23.6. The van der Waals surface area contributed by atoms with Crippen LogP contribution in [0.15, 0.2) is 0 Å². The van der Waals surface area contributed by atoms with Crippen LogP contribution in [0, 0.1) is 6.42 Å². The minimum absolute atomic E-state index is 0. The molecule has 0 saturated carbocycles. The van der Waals surface area contributed by atoms with E-state index in [-0.39, 0.29) is 61.6 Å². The van der Waals surface area contributed by atoms with Gasteiger partial charge in [0.05, 0.1) is 0 Å². The van der Waals surface area contributed by atoms with Crippen LogP contribution in [0.4, 0.5) is 0 Å². The fourth-order valence-corrected chi connectivity index (χ4v) is 0.171. The first-order valence-electron chi connectivity index (χ1n) is 1.83. The molecular weight excluding hydrogens is 205 g/mol. The van der Waals surface area contributed by atoms with Crippen molar-refractivity contribution in [2.75, 3.05) is 20.3 Å². The maximum absolute atomic E-state index is 8.06. The van der Waals surface area contributed by atoms with Gasteiger partial charge in [0.2, 0.25) is 0 Å². The van der Waals surface area contributed by atoms with Gasteiger partial charge in [0.1, 0.15) is 0 Å². The van der Waals surface area contributed by atoms with Crippen molar-refractivity contribution in [3.63, 3.8) is 0 Å². The summed E-state index contributed by atoms with van der Waals surface area (Å²) in [7, 11) is 1.59. The first-order valence-corrected chi connectivity index (χ1v) is 1.83. The molecule has 1 radical (unpaired) electrons. The van der Waals surface area contributed by atoms with Crippen LogP contribution in [0.2, 0.25) is 0 Å². The van der Waals surface area contributed by atoms with Crippen molar-refractivity contribution in [1.29, 1.82) is 0 Å². The van der Waals surface area contributed by atoms with Crippen molar-refractivity contribution in [2.24, 2.45) is 0 Å². The van der Waals surface area contributed by atoms with E-state index in [4.69, 9.17) is 5.11 Å². The average Bonchev–Trinajstić information content (AvgIpc) is 1.61. The topological polar surface area (TPSA) is 29.5 Å².